The van der Waals surface area contributed by atoms with Crippen molar-refractivity contribution in [3.63, 3.8) is 0 Å². The Morgan fingerprint density at radius 3 is 2.28 bits per heavy atom. The summed E-state index contributed by atoms with van der Waals surface area (Å²) in [5, 5.41) is 2.62. The van der Waals surface area contributed by atoms with Crippen molar-refractivity contribution in [2.24, 2.45) is 0 Å². The van der Waals surface area contributed by atoms with Crippen LogP contribution in [0.2, 0.25) is 0 Å². The average Bonchev–Trinajstić information content (AvgIpc) is 2.41. The predicted molar refractivity (Wildman–Crippen MR) is 73.2 cm³/mol. The molecule has 1 saturated heterocycles. The SMILES string of the molecule is O=C(Nc1ccc(Br)cc1)C(=O)N1CCCCC1. The van der Waals surface area contributed by atoms with Gasteiger partial charge >= 0.3 is 11.8 Å². The summed E-state index contributed by atoms with van der Waals surface area (Å²) in [6.45, 7) is 1.37. The second-order valence-corrected chi connectivity index (χ2v) is 5.23. The lowest BCUT2D eigenvalue weighted by Gasteiger charge is -2.25. The minimum atomic E-state index is -0.556. The molecule has 0 atom stereocenters. The first-order valence-corrected chi connectivity index (χ1v) is 6.82. The van der Waals surface area contributed by atoms with Crippen molar-refractivity contribution in [3.8, 4) is 0 Å². The summed E-state index contributed by atoms with van der Waals surface area (Å²) in [4.78, 5) is 25.3. The normalized spacial score (nSPS) is 15.3. The van der Waals surface area contributed by atoms with Crippen LogP contribution in [0.1, 0.15) is 19.3 Å². The number of nitrogens with zero attached hydrogens (tertiary/aromatic N) is 1. The largest absolute Gasteiger partial charge is 0.334 e. The molecule has 0 unspecified atom stereocenters. The second kappa shape index (κ2) is 6.00. The van der Waals surface area contributed by atoms with Gasteiger partial charge in [-0.3, -0.25) is 9.59 Å². The highest BCUT2D eigenvalue weighted by molar-refractivity contribution is 9.10. The van der Waals surface area contributed by atoms with Crippen LogP contribution >= 0.6 is 15.9 Å². The Kier molecular flexibility index (Phi) is 4.36. The third kappa shape index (κ3) is 3.32. The molecule has 4 nitrogen and oxygen atoms in total. The van der Waals surface area contributed by atoms with Crippen LogP contribution in [0.15, 0.2) is 28.7 Å². The molecular formula is C13H15BrN2O2. The van der Waals surface area contributed by atoms with E-state index in [9.17, 15) is 9.59 Å². The number of benzene rings is 1. The zero-order chi connectivity index (χ0) is 13.0. The van der Waals surface area contributed by atoms with E-state index >= 15 is 0 Å². The summed E-state index contributed by atoms with van der Waals surface area (Å²) in [6, 6.07) is 7.15. The van der Waals surface area contributed by atoms with E-state index in [1.165, 1.54) is 0 Å². The van der Waals surface area contributed by atoms with E-state index in [0.717, 1.165) is 23.7 Å². The lowest BCUT2D eigenvalue weighted by Crippen LogP contribution is -2.42. The minimum absolute atomic E-state index is 0.433. The molecule has 1 aromatic rings. The van der Waals surface area contributed by atoms with Gasteiger partial charge < -0.3 is 10.2 Å². The van der Waals surface area contributed by atoms with Gasteiger partial charge in [0.1, 0.15) is 0 Å². The highest BCUT2D eigenvalue weighted by Gasteiger charge is 2.23. The van der Waals surface area contributed by atoms with Crippen LogP contribution in [-0.4, -0.2) is 29.8 Å². The number of amides is 2. The lowest BCUT2D eigenvalue weighted by molar-refractivity contribution is -0.143. The Labute approximate surface area is 114 Å². The Morgan fingerprint density at radius 1 is 1.06 bits per heavy atom. The smallest absolute Gasteiger partial charge is 0.313 e. The Balaban J connectivity index is 1.94. The molecule has 1 fully saturated rings. The number of anilines is 1. The van der Waals surface area contributed by atoms with Crippen molar-refractivity contribution < 1.29 is 9.59 Å². The monoisotopic (exact) mass is 310 g/mol. The first-order chi connectivity index (χ1) is 8.66. The standard InChI is InChI=1S/C13H15BrN2O2/c14-10-4-6-11(7-5-10)15-12(17)13(18)16-8-2-1-3-9-16/h4-7H,1-3,8-9H2,(H,15,17). The van der Waals surface area contributed by atoms with Gasteiger partial charge in [0, 0.05) is 23.2 Å². The number of hydrogen-bond donors (Lipinski definition) is 1. The predicted octanol–water partition coefficient (Wildman–Crippen LogP) is 2.40. The molecule has 0 aliphatic carbocycles. The molecule has 1 aromatic carbocycles. The van der Waals surface area contributed by atoms with E-state index in [1.54, 1.807) is 17.0 Å². The van der Waals surface area contributed by atoms with Gasteiger partial charge in [-0.15, -0.1) is 0 Å². The van der Waals surface area contributed by atoms with Crippen molar-refractivity contribution in [1.29, 1.82) is 0 Å². The molecule has 0 spiro atoms. The Bertz CT molecular complexity index is 439. The van der Waals surface area contributed by atoms with E-state index < -0.39 is 11.8 Å². The highest BCUT2D eigenvalue weighted by Crippen LogP contribution is 2.14. The lowest BCUT2D eigenvalue weighted by atomic mass is 10.1. The first kappa shape index (κ1) is 13.1. The van der Waals surface area contributed by atoms with Gasteiger partial charge in [-0.2, -0.15) is 0 Å². The molecule has 1 heterocycles. The molecular weight excluding hydrogens is 296 g/mol. The molecule has 0 saturated carbocycles. The fourth-order valence-electron chi connectivity index (χ4n) is 1.96. The maximum Gasteiger partial charge on any atom is 0.313 e. The number of piperidine rings is 1. The third-order valence-corrected chi connectivity index (χ3v) is 3.47. The van der Waals surface area contributed by atoms with Crippen LogP contribution in [0.3, 0.4) is 0 Å². The van der Waals surface area contributed by atoms with Crippen molar-refractivity contribution in [2.75, 3.05) is 18.4 Å². The number of carbonyl (C=O) groups excluding carboxylic acids is 2. The summed E-state index contributed by atoms with van der Waals surface area (Å²) < 4.78 is 0.933. The molecule has 0 radical (unpaired) electrons. The van der Waals surface area contributed by atoms with Gasteiger partial charge in [0.25, 0.3) is 0 Å². The number of likely N-dealkylation sites (tertiary alicyclic amines) is 1. The maximum atomic E-state index is 11.9. The van der Waals surface area contributed by atoms with Crippen LogP contribution in [0.4, 0.5) is 5.69 Å². The summed E-state index contributed by atoms with van der Waals surface area (Å²) in [5.41, 5.74) is 0.633. The summed E-state index contributed by atoms with van der Waals surface area (Å²) in [5.74, 6) is -0.989. The quantitative estimate of drug-likeness (QED) is 0.810. The summed E-state index contributed by atoms with van der Waals surface area (Å²) in [7, 11) is 0. The van der Waals surface area contributed by atoms with Crippen molar-refractivity contribution in [1.82, 2.24) is 4.90 Å². The zero-order valence-electron chi connectivity index (χ0n) is 9.99. The fourth-order valence-corrected chi connectivity index (χ4v) is 2.22. The molecule has 1 aliphatic rings. The van der Waals surface area contributed by atoms with Crippen LogP contribution in [0, 0.1) is 0 Å². The van der Waals surface area contributed by atoms with Crippen molar-refractivity contribution in [3.05, 3.63) is 28.7 Å². The number of rotatable bonds is 1. The zero-order valence-corrected chi connectivity index (χ0v) is 11.6. The van der Waals surface area contributed by atoms with E-state index in [0.29, 0.717) is 18.8 Å². The molecule has 96 valence electrons. The van der Waals surface area contributed by atoms with Gasteiger partial charge in [-0.1, -0.05) is 15.9 Å². The van der Waals surface area contributed by atoms with Gasteiger partial charge in [0.2, 0.25) is 0 Å². The van der Waals surface area contributed by atoms with E-state index in [-0.39, 0.29) is 0 Å². The molecule has 0 aromatic heterocycles. The minimum Gasteiger partial charge on any atom is -0.334 e. The second-order valence-electron chi connectivity index (χ2n) is 4.31. The number of nitrogens with one attached hydrogen (secondary N) is 1. The number of halogens is 1. The third-order valence-electron chi connectivity index (χ3n) is 2.94. The van der Waals surface area contributed by atoms with Crippen LogP contribution in [0.25, 0.3) is 0 Å². The van der Waals surface area contributed by atoms with Crippen LogP contribution < -0.4 is 5.32 Å². The Hall–Kier alpha value is -1.36. The van der Waals surface area contributed by atoms with Crippen LogP contribution in [0.5, 0.6) is 0 Å². The van der Waals surface area contributed by atoms with Crippen molar-refractivity contribution in [2.45, 2.75) is 19.3 Å². The molecule has 1 N–H and O–H groups in total. The van der Waals surface area contributed by atoms with E-state index in [4.69, 9.17) is 0 Å². The maximum absolute atomic E-state index is 11.9. The first-order valence-electron chi connectivity index (χ1n) is 6.02. The molecule has 2 rings (SSSR count). The summed E-state index contributed by atoms with van der Waals surface area (Å²) >= 11 is 3.32. The Morgan fingerprint density at radius 2 is 1.67 bits per heavy atom. The number of carbonyl (C=O) groups is 2. The van der Waals surface area contributed by atoms with Gasteiger partial charge in [0.05, 0.1) is 0 Å². The number of hydrogen-bond acceptors (Lipinski definition) is 2. The molecule has 5 heteroatoms. The average molecular weight is 311 g/mol. The molecule has 18 heavy (non-hydrogen) atoms. The fraction of sp³-hybridized carbons (Fsp3) is 0.385. The van der Waals surface area contributed by atoms with Gasteiger partial charge in [-0.05, 0) is 43.5 Å². The topological polar surface area (TPSA) is 49.4 Å². The molecule has 1 aliphatic heterocycles. The van der Waals surface area contributed by atoms with E-state index in [2.05, 4.69) is 21.2 Å². The van der Waals surface area contributed by atoms with E-state index in [1.807, 2.05) is 12.1 Å². The molecule has 0 bridgehead atoms. The van der Waals surface area contributed by atoms with Crippen LogP contribution in [-0.2, 0) is 9.59 Å². The van der Waals surface area contributed by atoms with Crippen molar-refractivity contribution >= 4 is 33.4 Å². The molecule has 2 amide bonds. The summed E-state index contributed by atoms with van der Waals surface area (Å²) in [6.07, 6.45) is 3.10. The highest BCUT2D eigenvalue weighted by atomic mass is 79.9. The van der Waals surface area contributed by atoms with Gasteiger partial charge in [0.15, 0.2) is 0 Å². The van der Waals surface area contributed by atoms with Gasteiger partial charge in [-0.25, -0.2) is 0 Å².